The molecule has 0 saturated heterocycles. The molecule has 19 heavy (non-hydrogen) atoms. The van der Waals surface area contributed by atoms with Gasteiger partial charge in [0.05, 0.1) is 5.71 Å². The first-order valence-corrected chi connectivity index (χ1v) is 6.87. The third-order valence-corrected chi connectivity index (χ3v) is 3.61. The Labute approximate surface area is 114 Å². The second-order valence-corrected chi connectivity index (χ2v) is 5.13. The first-order chi connectivity index (χ1) is 9.16. The van der Waals surface area contributed by atoms with Gasteiger partial charge in [-0.2, -0.15) is 5.10 Å². The van der Waals surface area contributed by atoms with Crippen molar-refractivity contribution in [3.63, 3.8) is 0 Å². The van der Waals surface area contributed by atoms with E-state index in [1.807, 2.05) is 31.2 Å². The van der Waals surface area contributed by atoms with E-state index < -0.39 is 0 Å². The second-order valence-electron chi connectivity index (χ2n) is 5.13. The van der Waals surface area contributed by atoms with Gasteiger partial charge in [-0.15, -0.1) is 0 Å². The second kappa shape index (κ2) is 6.36. The molecule has 0 aliphatic heterocycles. The third-order valence-electron chi connectivity index (χ3n) is 3.61. The van der Waals surface area contributed by atoms with Crippen molar-refractivity contribution < 1.29 is 4.79 Å². The molecule has 102 valence electrons. The lowest BCUT2D eigenvalue weighted by molar-refractivity contribution is -0.125. The van der Waals surface area contributed by atoms with Crippen molar-refractivity contribution >= 4 is 17.3 Å². The van der Waals surface area contributed by atoms with E-state index in [-0.39, 0.29) is 11.8 Å². The van der Waals surface area contributed by atoms with E-state index in [1.54, 1.807) is 0 Å². The molecule has 0 unspecified atom stereocenters. The summed E-state index contributed by atoms with van der Waals surface area (Å²) in [7, 11) is 0. The molecule has 0 atom stereocenters. The maximum Gasteiger partial charge on any atom is 0.243 e. The number of nitrogens with two attached hydrogens (primary N) is 1. The number of benzene rings is 1. The Hall–Kier alpha value is -1.84. The predicted octanol–water partition coefficient (Wildman–Crippen LogP) is 2.69. The van der Waals surface area contributed by atoms with Crippen LogP contribution in [0.2, 0.25) is 0 Å². The molecule has 4 heteroatoms. The monoisotopic (exact) mass is 259 g/mol. The summed E-state index contributed by atoms with van der Waals surface area (Å²) in [5, 5.41) is 4.17. The number of anilines is 1. The van der Waals surface area contributed by atoms with Gasteiger partial charge in [0.1, 0.15) is 0 Å². The van der Waals surface area contributed by atoms with Gasteiger partial charge in [-0.1, -0.05) is 31.4 Å². The van der Waals surface area contributed by atoms with Crippen LogP contribution in [0.25, 0.3) is 0 Å². The average molecular weight is 259 g/mol. The zero-order chi connectivity index (χ0) is 13.7. The molecule has 0 bridgehead atoms. The van der Waals surface area contributed by atoms with E-state index in [2.05, 4.69) is 10.5 Å². The molecule has 3 N–H and O–H groups in total. The lowest BCUT2D eigenvalue weighted by Gasteiger charge is -2.19. The van der Waals surface area contributed by atoms with Gasteiger partial charge < -0.3 is 5.73 Å². The van der Waals surface area contributed by atoms with E-state index in [1.165, 1.54) is 6.42 Å². The average Bonchev–Trinajstić information content (AvgIpc) is 2.45. The van der Waals surface area contributed by atoms with Crippen molar-refractivity contribution in [3.8, 4) is 0 Å². The molecule has 1 saturated carbocycles. The summed E-state index contributed by atoms with van der Waals surface area (Å²) in [5.41, 5.74) is 10.8. The van der Waals surface area contributed by atoms with E-state index in [0.29, 0.717) is 5.69 Å². The highest BCUT2D eigenvalue weighted by Gasteiger charge is 2.20. The van der Waals surface area contributed by atoms with Gasteiger partial charge in [-0.05, 0) is 37.5 Å². The first-order valence-electron chi connectivity index (χ1n) is 6.87. The fraction of sp³-hybridized carbons (Fsp3) is 0.467. The Bertz CT molecular complexity index is 476. The van der Waals surface area contributed by atoms with Crippen LogP contribution in [0.15, 0.2) is 29.4 Å². The summed E-state index contributed by atoms with van der Waals surface area (Å²) in [6.45, 7) is 1.87. The number of nitrogens with zero attached hydrogens (tertiary/aromatic N) is 1. The minimum absolute atomic E-state index is 0.0444. The molecule has 0 aromatic heterocycles. The number of carbonyl (C=O) groups is 1. The summed E-state index contributed by atoms with van der Waals surface area (Å²) in [5.74, 6) is 0.175. The summed E-state index contributed by atoms with van der Waals surface area (Å²) in [6, 6.07) is 7.50. The van der Waals surface area contributed by atoms with E-state index in [4.69, 9.17) is 5.73 Å². The highest BCUT2D eigenvalue weighted by Crippen LogP contribution is 2.23. The maximum atomic E-state index is 12.0. The number of carbonyl (C=O) groups excluding carboxylic acids is 1. The summed E-state index contributed by atoms with van der Waals surface area (Å²) in [6.07, 6.45) is 5.51. The van der Waals surface area contributed by atoms with Crippen LogP contribution in [0.3, 0.4) is 0 Å². The van der Waals surface area contributed by atoms with Crippen LogP contribution >= 0.6 is 0 Å². The summed E-state index contributed by atoms with van der Waals surface area (Å²) in [4.78, 5) is 12.0. The minimum atomic E-state index is 0.0444. The van der Waals surface area contributed by atoms with Crippen LogP contribution in [0.4, 0.5) is 5.69 Å². The number of nitrogens with one attached hydrogen (secondary N) is 1. The normalized spacial score (nSPS) is 17.2. The Kier molecular flexibility index (Phi) is 4.55. The van der Waals surface area contributed by atoms with E-state index >= 15 is 0 Å². The van der Waals surface area contributed by atoms with Gasteiger partial charge in [-0.25, -0.2) is 5.43 Å². The highest BCUT2D eigenvalue weighted by molar-refractivity contribution is 5.99. The van der Waals surface area contributed by atoms with Gasteiger partial charge in [0, 0.05) is 11.6 Å². The fourth-order valence-corrected chi connectivity index (χ4v) is 2.42. The molecule has 1 aromatic carbocycles. The molecular weight excluding hydrogens is 238 g/mol. The molecule has 0 heterocycles. The zero-order valence-corrected chi connectivity index (χ0v) is 11.4. The van der Waals surface area contributed by atoms with Crippen molar-refractivity contribution in [2.75, 3.05) is 5.73 Å². The van der Waals surface area contributed by atoms with Crippen LogP contribution in [0.1, 0.15) is 44.6 Å². The number of hydrogen-bond acceptors (Lipinski definition) is 3. The topological polar surface area (TPSA) is 67.5 Å². The van der Waals surface area contributed by atoms with Gasteiger partial charge >= 0.3 is 0 Å². The number of nitrogen functional groups attached to an aromatic ring is 1. The molecule has 1 aliphatic carbocycles. The Morgan fingerprint density at radius 2 is 2.05 bits per heavy atom. The summed E-state index contributed by atoms with van der Waals surface area (Å²) >= 11 is 0. The number of amides is 1. The molecule has 1 aliphatic rings. The highest BCUT2D eigenvalue weighted by atomic mass is 16.2. The van der Waals surface area contributed by atoms with Crippen LogP contribution in [-0.4, -0.2) is 11.6 Å². The Morgan fingerprint density at radius 3 is 2.74 bits per heavy atom. The number of hydrazone groups is 1. The van der Waals surface area contributed by atoms with Crippen LogP contribution in [-0.2, 0) is 4.79 Å². The van der Waals surface area contributed by atoms with E-state index in [9.17, 15) is 4.79 Å². The lowest BCUT2D eigenvalue weighted by Crippen LogP contribution is -2.29. The molecule has 1 aromatic rings. The van der Waals surface area contributed by atoms with Crippen LogP contribution < -0.4 is 11.2 Å². The molecule has 1 amide bonds. The van der Waals surface area contributed by atoms with Gasteiger partial charge in [0.25, 0.3) is 0 Å². The molecule has 4 nitrogen and oxygen atoms in total. The first kappa shape index (κ1) is 13.6. The molecule has 0 radical (unpaired) electrons. The van der Waals surface area contributed by atoms with Crippen molar-refractivity contribution in [3.05, 3.63) is 29.8 Å². The van der Waals surface area contributed by atoms with E-state index in [0.717, 1.165) is 37.0 Å². The van der Waals surface area contributed by atoms with Gasteiger partial charge in [-0.3, -0.25) is 4.79 Å². The molecular formula is C15H21N3O. The summed E-state index contributed by atoms with van der Waals surface area (Å²) < 4.78 is 0. The SMILES string of the molecule is CC(=NNC(=O)C1CCCCC1)c1cccc(N)c1. The largest absolute Gasteiger partial charge is 0.399 e. The quantitative estimate of drug-likeness (QED) is 0.498. The standard InChI is InChI=1S/C15H21N3O/c1-11(13-8-5-9-14(16)10-13)17-18-15(19)12-6-3-2-4-7-12/h5,8-10,12H,2-4,6-7,16H2,1H3,(H,18,19). The Morgan fingerprint density at radius 1 is 1.32 bits per heavy atom. The molecule has 0 spiro atoms. The predicted molar refractivity (Wildman–Crippen MR) is 77.8 cm³/mol. The van der Waals surface area contributed by atoms with Crippen molar-refractivity contribution in [1.29, 1.82) is 0 Å². The van der Waals surface area contributed by atoms with Crippen molar-refractivity contribution in [1.82, 2.24) is 5.43 Å². The molecule has 1 fully saturated rings. The number of rotatable bonds is 3. The zero-order valence-electron chi connectivity index (χ0n) is 11.4. The van der Waals surface area contributed by atoms with Crippen molar-refractivity contribution in [2.45, 2.75) is 39.0 Å². The van der Waals surface area contributed by atoms with Crippen molar-refractivity contribution in [2.24, 2.45) is 11.0 Å². The number of hydrogen-bond donors (Lipinski definition) is 2. The smallest absolute Gasteiger partial charge is 0.243 e. The van der Waals surface area contributed by atoms with Crippen LogP contribution in [0, 0.1) is 5.92 Å². The lowest BCUT2D eigenvalue weighted by atomic mass is 9.89. The van der Waals surface area contributed by atoms with Gasteiger partial charge in [0.2, 0.25) is 5.91 Å². The minimum Gasteiger partial charge on any atom is -0.399 e. The Balaban J connectivity index is 1.95. The third kappa shape index (κ3) is 3.81. The molecule has 2 rings (SSSR count). The fourth-order valence-electron chi connectivity index (χ4n) is 2.42. The maximum absolute atomic E-state index is 12.0. The van der Waals surface area contributed by atoms with Crippen LogP contribution in [0.5, 0.6) is 0 Å². The van der Waals surface area contributed by atoms with Gasteiger partial charge in [0.15, 0.2) is 0 Å².